The van der Waals surface area contributed by atoms with Crippen molar-refractivity contribution in [1.82, 2.24) is 4.57 Å². The second-order valence-electron chi connectivity index (χ2n) is 4.76. The molecule has 0 bridgehead atoms. The van der Waals surface area contributed by atoms with Gasteiger partial charge in [-0.2, -0.15) is 0 Å². The van der Waals surface area contributed by atoms with Gasteiger partial charge in [-0.05, 0) is 57.5 Å². The van der Waals surface area contributed by atoms with Crippen molar-refractivity contribution < 1.29 is 0 Å². The number of rotatable bonds is 3. The average Bonchev–Trinajstić information content (AvgIpc) is 2.65. The van der Waals surface area contributed by atoms with Gasteiger partial charge in [-0.25, -0.2) is 0 Å². The number of hydrogen-bond donors (Lipinski definition) is 0. The zero-order valence-corrected chi connectivity index (χ0v) is 13.5. The van der Waals surface area contributed by atoms with Crippen molar-refractivity contribution in [2.45, 2.75) is 34.2 Å². The first-order valence-corrected chi connectivity index (χ1v) is 7.29. The van der Waals surface area contributed by atoms with Gasteiger partial charge in [0.25, 0.3) is 0 Å². The molecule has 0 spiro atoms. The minimum Gasteiger partial charge on any atom is -0.349 e. The molecular formula is C16H19BrN2. The molecule has 0 amide bonds. The van der Waals surface area contributed by atoms with Gasteiger partial charge in [0.1, 0.15) is 0 Å². The molecule has 3 heteroatoms. The van der Waals surface area contributed by atoms with Crippen molar-refractivity contribution in [3.63, 3.8) is 0 Å². The first-order valence-electron chi connectivity index (χ1n) is 6.50. The monoisotopic (exact) mass is 318 g/mol. The van der Waals surface area contributed by atoms with Crippen LogP contribution >= 0.6 is 15.9 Å². The quantitative estimate of drug-likeness (QED) is 0.713. The van der Waals surface area contributed by atoms with Crippen LogP contribution in [0, 0.1) is 20.8 Å². The molecule has 1 aromatic carbocycles. The third-order valence-electron chi connectivity index (χ3n) is 3.42. The van der Waals surface area contributed by atoms with E-state index < -0.39 is 0 Å². The molecule has 0 aliphatic rings. The van der Waals surface area contributed by atoms with Gasteiger partial charge in [0.2, 0.25) is 0 Å². The summed E-state index contributed by atoms with van der Waals surface area (Å²) in [6.45, 7) is 9.52. The highest BCUT2D eigenvalue weighted by Gasteiger charge is 2.05. The van der Waals surface area contributed by atoms with Gasteiger partial charge in [0.05, 0.1) is 5.69 Å². The van der Waals surface area contributed by atoms with Gasteiger partial charge in [-0.15, -0.1) is 0 Å². The lowest BCUT2D eigenvalue weighted by Gasteiger charge is -2.04. The molecule has 0 atom stereocenters. The third kappa shape index (κ3) is 2.98. The van der Waals surface area contributed by atoms with Crippen LogP contribution in [0.1, 0.15) is 29.4 Å². The van der Waals surface area contributed by atoms with E-state index in [1.54, 1.807) is 0 Å². The maximum atomic E-state index is 4.57. The smallest absolute Gasteiger partial charge is 0.0633 e. The maximum absolute atomic E-state index is 4.57. The van der Waals surface area contributed by atoms with Crippen LogP contribution in [0.15, 0.2) is 33.7 Å². The Kier molecular flexibility index (Phi) is 4.25. The van der Waals surface area contributed by atoms with Gasteiger partial charge in [-0.1, -0.05) is 15.9 Å². The number of aromatic nitrogens is 1. The minimum atomic E-state index is 0.988. The van der Waals surface area contributed by atoms with Gasteiger partial charge in [0.15, 0.2) is 0 Å². The van der Waals surface area contributed by atoms with E-state index in [0.717, 1.165) is 16.7 Å². The lowest BCUT2D eigenvalue weighted by molar-refractivity contribution is 0.718. The van der Waals surface area contributed by atoms with E-state index in [1.165, 1.54) is 22.5 Å². The average molecular weight is 319 g/mol. The van der Waals surface area contributed by atoms with Gasteiger partial charge >= 0.3 is 0 Å². The van der Waals surface area contributed by atoms with E-state index >= 15 is 0 Å². The number of halogens is 1. The lowest BCUT2D eigenvalue weighted by Crippen LogP contribution is -1.99. The number of aryl methyl sites for hydroxylation is 2. The van der Waals surface area contributed by atoms with E-state index in [-0.39, 0.29) is 0 Å². The largest absolute Gasteiger partial charge is 0.349 e. The third-order valence-corrected chi connectivity index (χ3v) is 4.31. The molecule has 100 valence electrons. The Morgan fingerprint density at radius 3 is 2.53 bits per heavy atom. The zero-order valence-electron chi connectivity index (χ0n) is 11.9. The first kappa shape index (κ1) is 14.1. The number of benzene rings is 1. The maximum Gasteiger partial charge on any atom is 0.0633 e. The minimum absolute atomic E-state index is 0.988. The molecule has 0 saturated carbocycles. The summed E-state index contributed by atoms with van der Waals surface area (Å²) in [7, 11) is 0. The topological polar surface area (TPSA) is 17.3 Å². The Labute approximate surface area is 123 Å². The fraction of sp³-hybridized carbons (Fsp3) is 0.312. The summed E-state index contributed by atoms with van der Waals surface area (Å²) >= 11 is 3.50. The van der Waals surface area contributed by atoms with Crippen LogP contribution in [0.4, 0.5) is 5.69 Å². The van der Waals surface area contributed by atoms with Gasteiger partial charge < -0.3 is 4.57 Å². The van der Waals surface area contributed by atoms with E-state index in [4.69, 9.17) is 0 Å². The van der Waals surface area contributed by atoms with Crippen molar-refractivity contribution in [2.75, 3.05) is 0 Å². The summed E-state index contributed by atoms with van der Waals surface area (Å²) in [5.41, 5.74) is 5.95. The van der Waals surface area contributed by atoms with Crippen LogP contribution in [0.25, 0.3) is 0 Å². The van der Waals surface area contributed by atoms with E-state index in [0.29, 0.717) is 0 Å². The lowest BCUT2D eigenvalue weighted by atomic mass is 10.2. The fourth-order valence-corrected chi connectivity index (χ4v) is 2.54. The number of aliphatic imine (C=N–C) groups is 1. The van der Waals surface area contributed by atoms with Crippen molar-refractivity contribution in [2.24, 2.45) is 4.99 Å². The van der Waals surface area contributed by atoms with Crippen molar-refractivity contribution in [3.05, 3.63) is 51.3 Å². The molecule has 0 aliphatic carbocycles. The number of hydrogen-bond acceptors (Lipinski definition) is 1. The highest BCUT2D eigenvalue weighted by molar-refractivity contribution is 9.10. The standard InChI is InChI=1S/C16H19BrN2/c1-5-19-12(3)9-14(13(19)4)10-18-15-6-7-16(17)11(2)8-15/h6-10H,5H2,1-4H3. The Balaban J connectivity index is 2.30. The highest BCUT2D eigenvalue weighted by Crippen LogP contribution is 2.22. The van der Waals surface area contributed by atoms with Crippen LogP contribution in [0.5, 0.6) is 0 Å². The first-order chi connectivity index (χ1) is 9.02. The number of nitrogens with zero attached hydrogens (tertiary/aromatic N) is 2. The Morgan fingerprint density at radius 2 is 1.95 bits per heavy atom. The van der Waals surface area contributed by atoms with Crippen LogP contribution in [-0.4, -0.2) is 10.8 Å². The Hall–Kier alpha value is -1.35. The van der Waals surface area contributed by atoms with Crippen LogP contribution in [0.2, 0.25) is 0 Å². The molecule has 0 saturated heterocycles. The molecule has 1 heterocycles. The summed E-state index contributed by atoms with van der Waals surface area (Å²) in [5.74, 6) is 0. The molecule has 0 aliphatic heterocycles. The molecule has 1 aromatic heterocycles. The van der Waals surface area contributed by atoms with E-state index in [2.05, 4.69) is 65.3 Å². The molecule has 2 aromatic rings. The van der Waals surface area contributed by atoms with Crippen molar-refractivity contribution >= 4 is 27.8 Å². The Bertz CT molecular complexity index is 624. The fourth-order valence-electron chi connectivity index (χ4n) is 2.30. The summed E-state index contributed by atoms with van der Waals surface area (Å²) < 4.78 is 3.42. The molecule has 19 heavy (non-hydrogen) atoms. The van der Waals surface area contributed by atoms with E-state index in [1.807, 2.05) is 18.3 Å². The zero-order chi connectivity index (χ0) is 14.0. The molecular weight excluding hydrogens is 300 g/mol. The predicted molar refractivity (Wildman–Crippen MR) is 85.7 cm³/mol. The van der Waals surface area contributed by atoms with Crippen molar-refractivity contribution in [1.29, 1.82) is 0 Å². The molecule has 2 rings (SSSR count). The second kappa shape index (κ2) is 5.74. The summed E-state index contributed by atoms with van der Waals surface area (Å²) in [5, 5.41) is 0. The van der Waals surface area contributed by atoms with Crippen LogP contribution in [0.3, 0.4) is 0 Å². The normalized spacial score (nSPS) is 11.4. The summed E-state index contributed by atoms with van der Waals surface area (Å²) in [4.78, 5) is 4.57. The Morgan fingerprint density at radius 1 is 1.21 bits per heavy atom. The van der Waals surface area contributed by atoms with Gasteiger partial charge in [-0.3, -0.25) is 4.99 Å². The molecule has 0 N–H and O–H groups in total. The molecule has 0 unspecified atom stereocenters. The predicted octanol–water partition coefficient (Wildman–Crippen LogP) is 4.95. The molecule has 2 nitrogen and oxygen atoms in total. The summed E-state index contributed by atoms with van der Waals surface area (Å²) in [6.07, 6.45) is 1.96. The molecule has 0 fully saturated rings. The van der Waals surface area contributed by atoms with Gasteiger partial charge in [0, 0.05) is 34.2 Å². The highest BCUT2D eigenvalue weighted by atomic mass is 79.9. The van der Waals surface area contributed by atoms with Crippen molar-refractivity contribution in [3.8, 4) is 0 Å². The second-order valence-corrected chi connectivity index (χ2v) is 5.62. The van der Waals surface area contributed by atoms with Crippen LogP contribution in [-0.2, 0) is 6.54 Å². The SMILES string of the molecule is CCn1c(C)cc(C=Nc2ccc(Br)c(C)c2)c1C. The van der Waals surface area contributed by atoms with Crippen LogP contribution < -0.4 is 0 Å². The van der Waals surface area contributed by atoms with E-state index in [9.17, 15) is 0 Å². The summed E-state index contributed by atoms with van der Waals surface area (Å²) in [6, 6.07) is 8.33. The molecule has 0 radical (unpaired) electrons.